The fourth-order valence-electron chi connectivity index (χ4n) is 2.91. The summed E-state index contributed by atoms with van der Waals surface area (Å²) in [6, 6.07) is 2.79. The Balaban J connectivity index is 2.46. The zero-order valence-electron chi connectivity index (χ0n) is 12.7. The fourth-order valence-corrected chi connectivity index (χ4v) is 2.91. The number of nitrogens with zero attached hydrogens (tertiary/aromatic N) is 2. The van der Waals surface area contributed by atoms with Crippen LogP contribution in [-0.4, -0.2) is 36.1 Å². The van der Waals surface area contributed by atoms with Gasteiger partial charge in [0.2, 0.25) is 0 Å². The maximum Gasteiger partial charge on any atom is 0.105 e. The molecule has 0 aromatic heterocycles. The van der Waals surface area contributed by atoms with Crippen molar-refractivity contribution < 1.29 is 0 Å². The van der Waals surface area contributed by atoms with E-state index in [1.165, 1.54) is 19.4 Å². The Morgan fingerprint density at radius 3 is 2.61 bits per heavy atom. The first-order valence-corrected chi connectivity index (χ1v) is 7.18. The molecule has 1 N–H and O–H groups in total. The lowest BCUT2D eigenvalue weighted by atomic mass is 9.84. The van der Waals surface area contributed by atoms with Gasteiger partial charge in [0, 0.05) is 19.1 Å². The largest absolute Gasteiger partial charge is 0.303 e. The summed E-state index contributed by atoms with van der Waals surface area (Å²) in [5, 5.41) is 12.7. The van der Waals surface area contributed by atoms with E-state index < -0.39 is 5.54 Å². The molecule has 0 bridgehead atoms. The summed E-state index contributed by atoms with van der Waals surface area (Å²) >= 11 is 0. The zero-order valence-corrected chi connectivity index (χ0v) is 12.7. The van der Waals surface area contributed by atoms with E-state index in [-0.39, 0.29) is 0 Å². The Morgan fingerprint density at radius 2 is 2.11 bits per heavy atom. The van der Waals surface area contributed by atoms with Gasteiger partial charge in [-0.1, -0.05) is 13.8 Å². The van der Waals surface area contributed by atoms with Crippen molar-refractivity contribution in [2.24, 2.45) is 5.41 Å². The van der Waals surface area contributed by atoms with Crippen LogP contribution in [0.25, 0.3) is 0 Å². The van der Waals surface area contributed by atoms with E-state index in [4.69, 9.17) is 0 Å². The van der Waals surface area contributed by atoms with Gasteiger partial charge in [-0.25, -0.2) is 0 Å². The third kappa shape index (κ3) is 4.96. The second-order valence-corrected chi connectivity index (χ2v) is 7.04. The van der Waals surface area contributed by atoms with Gasteiger partial charge in [0.1, 0.15) is 5.54 Å². The molecule has 1 fully saturated rings. The van der Waals surface area contributed by atoms with Crippen molar-refractivity contribution in [3.63, 3.8) is 0 Å². The normalized spacial score (nSPS) is 23.6. The van der Waals surface area contributed by atoms with Gasteiger partial charge in [0.05, 0.1) is 6.07 Å². The van der Waals surface area contributed by atoms with E-state index in [9.17, 15) is 5.26 Å². The molecule has 1 aliphatic rings. The van der Waals surface area contributed by atoms with E-state index in [1.807, 2.05) is 6.92 Å². The van der Waals surface area contributed by atoms with Crippen molar-refractivity contribution in [3.05, 3.63) is 0 Å². The van der Waals surface area contributed by atoms with Gasteiger partial charge in [-0.05, 0) is 52.0 Å². The lowest BCUT2D eigenvalue weighted by molar-refractivity contribution is 0.110. The van der Waals surface area contributed by atoms with Crippen LogP contribution in [0.4, 0.5) is 0 Å². The van der Waals surface area contributed by atoms with E-state index in [1.54, 1.807) is 0 Å². The minimum absolute atomic E-state index is 0.354. The van der Waals surface area contributed by atoms with Gasteiger partial charge in [-0.3, -0.25) is 5.32 Å². The van der Waals surface area contributed by atoms with Gasteiger partial charge >= 0.3 is 0 Å². The molecular weight excluding hydrogens is 222 g/mol. The fraction of sp³-hybridized carbons (Fsp3) is 0.933. The lowest BCUT2D eigenvalue weighted by Gasteiger charge is -2.39. The Labute approximate surface area is 113 Å². The molecule has 0 aromatic rings. The summed E-state index contributed by atoms with van der Waals surface area (Å²) in [6.45, 7) is 14.3. The molecular formula is C15H29N3. The molecule has 1 rings (SSSR count). The number of piperidine rings is 1. The highest BCUT2D eigenvalue weighted by Crippen LogP contribution is 2.28. The van der Waals surface area contributed by atoms with Crippen LogP contribution in [0.15, 0.2) is 0 Å². The first-order valence-electron chi connectivity index (χ1n) is 7.18. The summed E-state index contributed by atoms with van der Waals surface area (Å²) in [4.78, 5) is 2.51. The highest BCUT2D eigenvalue weighted by molar-refractivity contribution is 5.04. The second kappa shape index (κ2) is 6.04. The SMILES string of the molecule is CC(C)NC(C)(C#N)CCN1CCCC(C)(C)C1. The molecule has 0 amide bonds. The van der Waals surface area contributed by atoms with Gasteiger partial charge in [0.15, 0.2) is 0 Å². The van der Waals surface area contributed by atoms with Gasteiger partial charge in [-0.15, -0.1) is 0 Å². The first-order chi connectivity index (χ1) is 8.26. The highest BCUT2D eigenvalue weighted by Gasteiger charge is 2.29. The summed E-state index contributed by atoms with van der Waals surface area (Å²) < 4.78 is 0. The maximum atomic E-state index is 9.34. The van der Waals surface area contributed by atoms with Gasteiger partial charge in [-0.2, -0.15) is 5.26 Å². The number of hydrogen-bond acceptors (Lipinski definition) is 3. The topological polar surface area (TPSA) is 39.1 Å². The molecule has 0 spiro atoms. The number of likely N-dealkylation sites (tertiary alicyclic amines) is 1. The lowest BCUT2D eigenvalue weighted by Crippen LogP contribution is -2.48. The van der Waals surface area contributed by atoms with Crippen molar-refractivity contribution in [3.8, 4) is 6.07 Å². The van der Waals surface area contributed by atoms with Crippen LogP contribution in [0.1, 0.15) is 53.9 Å². The molecule has 3 nitrogen and oxygen atoms in total. The minimum atomic E-state index is -0.393. The van der Waals surface area contributed by atoms with E-state index in [2.05, 4.69) is 44.0 Å². The Morgan fingerprint density at radius 1 is 1.44 bits per heavy atom. The monoisotopic (exact) mass is 251 g/mol. The van der Waals surface area contributed by atoms with Crippen LogP contribution in [0.5, 0.6) is 0 Å². The second-order valence-electron chi connectivity index (χ2n) is 7.04. The summed E-state index contributed by atoms with van der Waals surface area (Å²) in [6.07, 6.45) is 3.51. The third-order valence-electron chi connectivity index (χ3n) is 3.76. The maximum absolute atomic E-state index is 9.34. The first kappa shape index (κ1) is 15.5. The Hall–Kier alpha value is -0.590. The predicted octanol–water partition coefficient (Wildman–Crippen LogP) is 2.78. The molecule has 18 heavy (non-hydrogen) atoms. The standard InChI is InChI=1S/C15H29N3/c1-13(2)17-15(5,11-16)8-10-18-9-6-7-14(3,4)12-18/h13,17H,6-10,12H2,1-5H3. The minimum Gasteiger partial charge on any atom is -0.303 e. The van der Waals surface area contributed by atoms with Crippen molar-refractivity contribution in [1.29, 1.82) is 5.26 Å². The predicted molar refractivity (Wildman–Crippen MR) is 76.4 cm³/mol. The zero-order chi connectivity index (χ0) is 13.8. The molecule has 0 radical (unpaired) electrons. The van der Waals surface area contributed by atoms with Crippen LogP contribution in [0.3, 0.4) is 0 Å². The van der Waals surface area contributed by atoms with Crippen molar-refractivity contribution in [2.75, 3.05) is 19.6 Å². The molecule has 1 atom stereocenters. The molecule has 1 aliphatic heterocycles. The van der Waals surface area contributed by atoms with Crippen molar-refractivity contribution in [1.82, 2.24) is 10.2 Å². The van der Waals surface area contributed by atoms with Crippen LogP contribution in [-0.2, 0) is 0 Å². The van der Waals surface area contributed by atoms with Crippen LogP contribution < -0.4 is 5.32 Å². The van der Waals surface area contributed by atoms with Crippen LogP contribution >= 0.6 is 0 Å². The smallest absolute Gasteiger partial charge is 0.105 e. The Kier molecular flexibility index (Phi) is 5.19. The number of rotatable bonds is 5. The Bertz CT molecular complexity index is 303. The summed E-state index contributed by atoms with van der Waals surface area (Å²) in [7, 11) is 0. The molecule has 0 aliphatic carbocycles. The van der Waals surface area contributed by atoms with Crippen molar-refractivity contribution in [2.45, 2.75) is 65.5 Å². The quantitative estimate of drug-likeness (QED) is 0.816. The molecule has 0 saturated carbocycles. The summed E-state index contributed by atoms with van der Waals surface area (Å²) in [5.41, 5.74) is 0.0442. The van der Waals surface area contributed by atoms with E-state index in [0.29, 0.717) is 11.5 Å². The van der Waals surface area contributed by atoms with Gasteiger partial charge in [0.25, 0.3) is 0 Å². The third-order valence-corrected chi connectivity index (χ3v) is 3.76. The van der Waals surface area contributed by atoms with E-state index in [0.717, 1.165) is 19.5 Å². The number of nitrogens with one attached hydrogen (secondary N) is 1. The molecule has 104 valence electrons. The number of nitriles is 1. The molecule has 1 heterocycles. The van der Waals surface area contributed by atoms with Crippen molar-refractivity contribution >= 4 is 0 Å². The highest BCUT2D eigenvalue weighted by atomic mass is 15.1. The van der Waals surface area contributed by atoms with E-state index >= 15 is 0 Å². The summed E-state index contributed by atoms with van der Waals surface area (Å²) in [5.74, 6) is 0. The molecule has 1 unspecified atom stereocenters. The molecule has 3 heteroatoms. The van der Waals surface area contributed by atoms with Gasteiger partial charge < -0.3 is 4.90 Å². The average molecular weight is 251 g/mol. The van der Waals surface area contributed by atoms with Crippen LogP contribution in [0, 0.1) is 16.7 Å². The molecule has 0 aromatic carbocycles. The number of hydrogen-bond donors (Lipinski definition) is 1. The average Bonchev–Trinajstić information content (AvgIpc) is 2.24. The van der Waals surface area contributed by atoms with Crippen LogP contribution in [0.2, 0.25) is 0 Å². The molecule has 1 saturated heterocycles.